The predicted molar refractivity (Wildman–Crippen MR) is 97.7 cm³/mol. The van der Waals surface area contributed by atoms with Gasteiger partial charge in [0, 0.05) is 16.8 Å². The molecule has 0 N–H and O–H groups in total. The molecule has 0 saturated carbocycles. The van der Waals surface area contributed by atoms with Crippen molar-refractivity contribution >= 4 is 17.0 Å². The molecule has 1 aliphatic carbocycles. The predicted octanol–water partition coefficient (Wildman–Crippen LogP) is 2.12. The van der Waals surface area contributed by atoms with E-state index in [1.807, 2.05) is 11.0 Å². The first kappa shape index (κ1) is 16.2. The fraction of sp³-hybridized carbons (Fsp3) is 0.350. The summed E-state index contributed by atoms with van der Waals surface area (Å²) in [5, 5.41) is 29.5. The van der Waals surface area contributed by atoms with E-state index in [1.165, 1.54) is 12.1 Å². The third-order valence-electron chi connectivity index (χ3n) is 5.79. The molecule has 1 unspecified atom stereocenters. The van der Waals surface area contributed by atoms with E-state index in [9.17, 15) is 14.8 Å². The van der Waals surface area contributed by atoms with Gasteiger partial charge in [-0.3, -0.25) is 4.90 Å². The lowest BCUT2D eigenvalue weighted by atomic mass is 9.99. The van der Waals surface area contributed by atoms with E-state index in [0.717, 1.165) is 47.1 Å². The standard InChI is InChI=1S/C20H19FN4O2/c21-17-6-4-13(5-7-17)16-8-9-23(12-16)20-22-25(27)19-11-15-3-1-2-14(15)10-18(19)24(20)26/h4-7,10-11,16H,1-3,8-9,12H2. The minimum Gasteiger partial charge on any atom is -0.739 e. The monoisotopic (exact) mass is 366 g/mol. The van der Waals surface area contributed by atoms with Crippen LogP contribution in [0.3, 0.4) is 0 Å². The van der Waals surface area contributed by atoms with Gasteiger partial charge in [-0.25, -0.2) is 9.12 Å². The van der Waals surface area contributed by atoms with Gasteiger partial charge in [-0.2, -0.15) is 0 Å². The molecule has 7 heteroatoms. The zero-order valence-electron chi connectivity index (χ0n) is 14.8. The number of aromatic nitrogens is 3. The molecule has 2 aliphatic rings. The first-order valence-electron chi connectivity index (χ1n) is 9.29. The maximum Gasteiger partial charge on any atom is 0.463 e. The van der Waals surface area contributed by atoms with Crippen molar-refractivity contribution in [3.8, 4) is 0 Å². The van der Waals surface area contributed by atoms with Crippen LogP contribution in [0.4, 0.5) is 10.3 Å². The van der Waals surface area contributed by atoms with Crippen LogP contribution >= 0.6 is 0 Å². The molecule has 27 heavy (non-hydrogen) atoms. The largest absolute Gasteiger partial charge is 0.739 e. The topological polar surface area (TPSA) is 70.0 Å². The average Bonchev–Trinajstić information content (AvgIpc) is 3.33. The van der Waals surface area contributed by atoms with Crippen LogP contribution in [0.1, 0.15) is 35.4 Å². The van der Waals surface area contributed by atoms with Crippen LogP contribution < -0.4 is 14.5 Å². The van der Waals surface area contributed by atoms with Gasteiger partial charge >= 0.3 is 5.95 Å². The minimum absolute atomic E-state index is 0.139. The van der Waals surface area contributed by atoms with Crippen molar-refractivity contribution in [1.29, 1.82) is 0 Å². The van der Waals surface area contributed by atoms with Gasteiger partial charge < -0.3 is 10.4 Å². The number of aryl methyl sites for hydroxylation is 2. The molecule has 1 saturated heterocycles. The molecule has 1 atom stereocenters. The van der Waals surface area contributed by atoms with E-state index in [1.54, 1.807) is 18.2 Å². The van der Waals surface area contributed by atoms with E-state index in [4.69, 9.17) is 0 Å². The molecule has 0 bridgehead atoms. The fourth-order valence-electron chi connectivity index (χ4n) is 4.34. The zero-order valence-corrected chi connectivity index (χ0v) is 14.8. The summed E-state index contributed by atoms with van der Waals surface area (Å²) in [6.45, 7) is 1.21. The molecule has 1 fully saturated rings. The third kappa shape index (κ3) is 2.65. The van der Waals surface area contributed by atoms with Gasteiger partial charge in [-0.1, -0.05) is 12.1 Å². The molecule has 3 aromatic rings. The van der Waals surface area contributed by atoms with Crippen molar-refractivity contribution in [2.45, 2.75) is 31.6 Å². The Kier molecular flexibility index (Phi) is 3.63. The Hall–Kier alpha value is -2.96. The number of fused-ring (bicyclic) bond motifs is 2. The molecule has 5 rings (SSSR count). The molecule has 0 spiro atoms. The van der Waals surface area contributed by atoms with Crippen LogP contribution in [0.15, 0.2) is 36.4 Å². The van der Waals surface area contributed by atoms with Crippen LogP contribution in [0, 0.1) is 16.2 Å². The summed E-state index contributed by atoms with van der Waals surface area (Å²) in [7, 11) is 0. The van der Waals surface area contributed by atoms with Gasteiger partial charge in [0.05, 0.1) is 13.1 Å². The van der Waals surface area contributed by atoms with Crippen molar-refractivity contribution in [1.82, 2.24) is 5.10 Å². The maximum atomic E-state index is 13.2. The quantitative estimate of drug-likeness (QED) is 0.515. The van der Waals surface area contributed by atoms with Crippen molar-refractivity contribution in [2.24, 2.45) is 0 Å². The van der Waals surface area contributed by atoms with Crippen molar-refractivity contribution in [3.63, 3.8) is 0 Å². The van der Waals surface area contributed by atoms with Crippen LogP contribution in [0.2, 0.25) is 0 Å². The molecule has 0 radical (unpaired) electrons. The van der Waals surface area contributed by atoms with Crippen LogP contribution in [0.25, 0.3) is 11.0 Å². The molecule has 2 aromatic carbocycles. The SMILES string of the molecule is [O-][n+]1nc(N2CCC(c3ccc(F)cc3)C2)[n+]([O-])c2cc3c(cc21)CCC3. The lowest BCUT2D eigenvalue weighted by Crippen LogP contribution is -2.47. The second kappa shape index (κ2) is 6.04. The second-order valence-electron chi connectivity index (χ2n) is 7.41. The first-order valence-corrected chi connectivity index (χ1v) is 9.29. The smallest absolute Gasteiger partial charge is 0.463 e. The number of benzene rings is 2. The summed E-state index contributed by atoms with van der Waals surface area (Å²) < 4.78 is 13.9. The lowest BCUT2D eigenvalue weighted by molar-refractivity contribution is -0.673. The fourth-order valence-corrected chi connectivity index (χ4v) is 4.34. The highest BCUT2D eigenvalue weighted by Gasteiger charge is 2.35. The summed E-state index contributed by atoms with van der Waals surface area (Å²) in [6.07, 6.45) is 3.76. The Morgan fingerprint density at radius 1 is 1.04 bits per heavy atom. The molecule has 1 aromatic heterocycles. The minimum atomic E-state index is -0.262. The van der Waals surface area contributed by atoms with Crippen molar-refractivity contribution in [2.75, 3.05) is 18.0 Å². The Balaban J connectivity index is 1.51. The Morgan fingerprint density at radius 2 is 1.74 bits per heavy atom. The van der Waals surface area contributed by atoms with Crippen LogP contribution in [-0.4, -0.2) is 18.2 Å². The van der Waals surface area contributed by atoms with E-state index >= 15 is 0 Å². The zero-order chi connectivity index (χ0) is 18.5. The molecular formula is C20H19FN4O2. The number of hydrogen-bond donors (Lipinski definition) is 0. The van der Waals surface area contributed by atoms with Gasteiger partial charge in [0.1, 0.15) is 5.82 Å². The van der Waals surface area contributed by atoms with Crippen LogP contribution in [-0.2, 0) is 12.8 Å². The summed E-state index contributed by atoms with van der Waals surface area (Å²) in [4.78, 5) is 2.42. The van der Waals surface area contributed by atoms with Crippen LogP contribution in [0.5, 0.6) is 0 Å². The van der Waals surface area contributed by atoms with E-state index in [2.05, 4.69) is 5.10 Å². The highest BCUT2D eigenvalue weighted by atomic mass is 19.1. The van der Waals surface area contributed by atoms with Gasteiger partial charge in [0.2, 0.25) is 5.10 Å². The van der Waals surface area contributed by atoms with Gasteiger partial charge in [-0.15, -0.1) is 0 Å². The highest BCUT2D eigenvalue weighted by molar-refractivity contribution is 5.71. The number of rotatable bonds is 2. The number of hydrogen-bond acceptors (Lipinski definition) is 4. The summed E-state index contributed by atoms with van der Waals surface area (Å²) in [5.74, 6) is 0.0606. The van der Waals surface area contributed by atoms with Crippen molar-refractivity contribution < 1.29 is 14.0 Å². The van der Waals surface area contributed by atoms with Gasteiger partial charge in [0.25, 0.3) is 5.52 Å². The van der Waals surface area contributed by atoms with Crippen molar-refractivity contribution in [3.05, 3.63) is 69.3 Å². The van der Waals surface area contributed by atoms with Gasteiger partial charge in [-0.05, 0) is 60.6 Å². The van der Waals surface area contributed by atoms with Gasteiger partial charge in [0.15, 0.2) is 5.52 Å². The number of anilines is 1. The lowest BCUT2D eigenvalue weighted by Gasteiger charge is -2.16. The van der Waals surface area contributed by atoms with E-state index < -0.39 is 0 Å². The molecule has 0 amide bonds. The summed E-state index contributed by atoms with van der Waals surface area (Å²) in [5.41, 5.74) is 4.02. The molecule has 138 valence electrons. The number of nitrogens with zero attached hydrogens (tertiary/aromatic N) is 4. The Bertz CT molecular complexity index is 1040. The maximum absolute atomic E-state index is 13.2. The normalized spacial score (nSPS) is 19.0. The molecule has 6 nitrogen and oxygen atoms in total. The Labute approximate surface area is 155 Å². The van der Waals surface area contributed by atoms with E-state index in [-0.39, 0.29) is 17.7 Å². The molecular weight excluding hydrogens is 347 g/mol. The number of halogens is 1. The summed E-state index contributed by atoms with van der Waals surface area (Å²) in [6, 6.07) is 10.1. The van der Waals surface area contributed by atoms with E-state index in [0.29, 0.717) is 29.0 Å². The second-order valence-corrected chi connectivity index (χ2v) is 7.41. The first-order chi connectivity index (χ1) is 13.1. The third-order valence-corrected chi connectivity index (χ3v) is 5.79. The molecule has 2 heterocycles. The average molecular weight is 366 g/mol. The summed E-state index contributed by atoms with van der Waals surface area (Å²) >= 11 is 0. The molecule has 1 aliphatic heterocycles. The highest BCUT2D eigenvalue weighted by Crippen LogP contribution is 2.30. The Morgan fingerprint density at radius 3 is 2.48 bits per heavy atom.